The first-order chi connectivity index (χ1) is 8.64. The zero-order chi connectivity index (χ0) is 14.4. The zero-order valence-corrected chi connectivity index (χ0v) is 11.5. The molecule has 0 aliphatic carbocycles. The molecule has 0 aromatic heterocycles. The molecule has 1 aliphatic rings. The lowest BCUT2D eigenvalue weighted by molar-refractivity contribution is -0.0354. The monoisotopic (exact) mass is 269 g/mol. The Morgan fingerprint density at radius 2 is 1.84 bits per heavy atom. The summed E-state index contributed by atoms with van der Waals surface area (Å²) in [6.07, 6.45) is -2.64. The molecule has 1 atom stereocenters. The predicted molar refractivity (Wildman–Crippen MR) is 69.1 cm³/mol. The minimum Gasteiger partial charge on any atom is -0.377 e. The highest BCUT2D eigenvalue weighted by atomic mass is 19.3. The third-order valence-corrected chi connectivity index (χ3v) is 4.13. The molecule has 1 fully saturated rings. The van der Waals surface area contributed by atoms with Gasteiger partial charge in [0.1, 0.15) is 5.82 Å². The van der Waals surface area contributed by atoms with Crippen molar-refractivity contribution in [3.8, 4) is 0 Å². The lowest BCUT2D eigenvalue weighted by Gasteiger charge is -2.33. The van der Waals surface area contributed by atoms with Crippen LogP contribution in [-0.2, 0) is 4.74 Å². The number of alkyl halides is 2. The molecule has 103 valence electrons. The molecular weight excluding hydrogens is 252 g/mol. The summed E-state index contributed by atoms with van der Waals surface area (Å²) in [6, 6.07) is 2.71. The van der Waals surface area contributed by atoms with Gasteiger partial charge in [0.25, 0.3) is 6.43 Å². The largest absolute Gasteiger partial charge is 0.377 e. The van der Waals surface area contributed by atoms with Crippen LogP contribution in [0.3, 0.4) is 0 Å². The molecule has 1 aliphatic heterocycles. The molecule has 1 aromatic rings. The molecule has 0 saturated carbocycles. The molecule has 2 rings (SSSR count). The van der Waals surface area contributed by atoms with Gasteiger partial charge in [0.05, 0.1) is 11.6 Å². The smallest absolute Gasteiger partial charge is 0.264 e. The van der Waals surface area contributed by atoms with Crippen molar-refractivity contribution >= 4 is 7.28 Å². The standard InChI is InChI=1S/C14H17BF3O/c1-13(2)14(3,4)19-11(15-13)10-7-8(16)5-6-9(10)12(17)18/h5-7,11-12H,1-4H3. The van der Waals surface area contributed by atoms with E-state index in [1.807, 2.05) is 35.0 Å². The summed E-state index contributed by atoms with van der Waals surface area (Å²) in [7, 11) is 1.87. The van der Waals surface area contributed by atoms with E-state index in [4.69, 9.17) is 4.74 Å². The Balaban J connectivity index is 2.41. The van der Waals surface area contributed by atoms with Crippen LogP contribution in [0.1, 0.15) is 51.3 Å². The molecule has 5 heteroatoms. The quantitative estimate of drug-likeness (QED) is 0.719. The third kappa shape index (κ3) is 2.53. The van der Waals surface area contributed by atoms with Crippen molar-refractivity contribution in [1.29, 1.82) is 0 Å². The second-order valence-electron chi connectivity index (χ2n) is 6.01. The Hall–Kier alpha value is -0.965. The van der Waals surface area contributed by atoms with E-state index in [-0.39, 0.29) is 16.4 Å². The lowest BCUT2D eigenvalue weighted by atomic mass is 9.47. The van der Waals surface area contributed by atoms with E-state index in [1.54, 1.807) is 0 Å². The molecule has 1 aromatic carbocycles. The van der Waals surface area contributed by atoms with Crippen LogP contribution in [0.25, 0.3) is 0 Å². The fraction of sp³-hybridized carbons (Fsp3) is 0.571. The Kier molecular flexibility index (Phi) is 3.46. The Morgan fingerprint density at radius 3 is 2.32 bits per heavy atom. The predicted octanol–water partition coefficient (Wildman–Crippen LogP) is 4.47. The van der Waals surface area contributed by atoms with Crippen molar-refractivity contribution < 1.29 is 17.9 Å². The number of rotatable bonds is 2. The van der Waals surface area contributed by atoms with Gasteiger partial charge in [0.15, 0.2) is 7.28 Å². The number of ether oxygens (including phenoxy) is 1. The third-order valence-electron chi connectivity index (χ3n) is 4.13. The lowest BCUT2D eigenvalue weighted by Crippen LogP contribution is -2.31. The molecule has 1 nitrogen and oxygen atoms in total. The van der Waals surface area contributed by atoms with Crippen LogP contribution in [0.4, 0.5) is 13.2 Å². The van der Waals surface area contributed by atoms with Crippen LogP contribution in [-0.4, -0.2) is 12.9 Å². The summed E-state index contributed by atoms with van der Waals surface area (Å²) in [5, 5.41) is -0.274. The molecule has 0 bridgehead atoms. The van der Waals surface area contributed by atoms with E-state index in [0.717, 1.165) is 18.2 Å². The van der Waals surface area contributed by atoms with Crippen molar-refractivity contribution in [3.63, 3.8) is 0 Å². The summed E-state index contributed by atoms with van der Waals surface area (Å²) in [4.78, 5) is 0. The summed E-state index contributed by atoms with van der Waals surface area (Å²) in [6.45, 7) is 7.78. The molecule has 1 saturated heterocycles. The second kappa shape index (κ2) is 4.55. The minimum atomic E-state index is -2.64. The molecule has 19 heavy (non-hydrogen) atoms. The SMILES string of the molecule is CC1(C)[B]C(c2cc(F)ccc2C(F)F)OC1(C)C. The maximum Gasteiger partial charge on any atom is 0.264 e. The molecule has 0 amide bonds. The van der Waals surface area contributed by atoms with Crippen LogP contribution in [0.15, 0.2) is 18.2 Å². The van der Waals surface area contributed by atoms with E-state index in [0.29, 0.717) is 0 Å². The van der Waals surface area contributed by atoms with Crippen LogP contribution < -0.4 is 0 Å². The van der Waals surface area contributed by atoms with E-state index in [9.17, 15) is 13.2 Å². The van der Waals surface area contributed by atoms with Crippen molar-refractivity contribution in [2.24, 2.45) is 0 Å². The maximum absolute atomic E-state index is 13.3. The summed E-state index contributed by atoms with van der Waals surface area (Å²) < 4.78 is 45.2. The Morgan fingerprint density at radius 1 is 1.21 bits per heavy atom. The number of benzene rings is 1. The highest BCUT2D eigenvalue weighted by Gasteiger charge is 2.49. The Bertz CT molecular complexity index is 470. The molecular formula is C14H17BF3O. The van der Waals surface area contributed by atoms with Crippen molar-refractivity contribution in [2.75, 3.05) is 0 Å². The van der Waals surface area contributed by atoms with Gasteiger partial charge in [-0.2, -0.15) is 0 Å². The van der Waals surface area contributed by atoms with Crippen LogP contribution in [0, 0.1) is 5.82 Å². The van der Waals surface area contributed by atoms with Gasteiger partial charge in [0.2, 0.25) is 0 Å². The molecule has 1 radical (unpaired) electrons. The first-order valence-corrected chi connectivity index (χ1v) is 6.25. The van der Waals surface area contributed by atoms with Gasteiger partial charge in [-0.1, -0.05) is 19.9 Å². The Labute approximate surface area is 112 Å². The van der Waals surface area contributed by atoms with Gasteiger partial charge in [0, 0.05) is 5.56 Å². The van der Waals surface area contributed by atoms with Crippen LogP contribution in [0.2, 0.25) is 5.31 Å². The van der Waals surface area contributed by atoms with Crippen molar-refractivity contribution in [1.82, 2.24) is 0 Å². The highest BCUT2D eigenvalue weighted by molar-refractivity contribution is 6.43. The van der Waals surface area contributed by atoms with Gasteiger partial charge in [-0.15, -0.1) is 0 Å². The average Bonchev–Trinajstić information content (AvgIpc) is 2.47. The van der Waals surface area contributed by atoms with Crippen molar-refractivity contribution in [2.45, 2.75) is 51.0 Å². The fourth-order valence-electron chi connectivity index (χ4n) is 2.23. The summed E-state index contributed by atoms with van der Waals surface area (Å²) >= 11 is 0. The fourth-order valence-corrected chi connectivity index (χ4v) is 2.23. The van der Waals surface area contributed by atoms with Gasteiger partial charge < -0.3 is 4.74 Å². The first kappa shape index (κ1) is 14.4. The molecule has 1 heterocycles. The van der Waals surface area contributed by atoms with E-state index in [2.05, 4.69) is 0 Å². The van der Waals surface area contributed by atoms with Crippen LogP contribution >= 0.6 is 0 Å². The van der Waals surface area contributed by atoms with E-state index >= 15 is 0 Å². The second-order valence-corrected chi connectivity index (χ2v) is 6.01. The maximum atomic E-state index is 13.3. The van der Waals surface area contributed by atoms with E-state index < -0.39 is 23.8 Å². The minimum absolute atomic E-state index is 0.170. The molecule has 1 unspecified atom stereocenters. The van der Waals surface area contributed by atoms with Crippen molar-refractivity contribution in [3.05, 3.63) is 35.1 Å². The average molecular weight is 269 g/mol. The highest BCUT2D eigenvalue weighted by Crippen LogP contribution is 2.52. The molecule has 0 N–H and O–H groups in total. The van der Waals surface area contributed by atoms with E-state index in [1.165, 1.54) is 0 Å². The topological polar surface area (TPSA) is 9.23 Å². The van der Waals surface area contributed by atoms with Crippen LogP contribution in [0.5, 0.6) is 0 Å². The summed E-state index contributed by atoms with van der Waals surface area (Å²) in [5.74, 6) is -0.529. The van der Waals surface area contributed by atoms with Gasteiger partial charge in [-0.25, -0.2) is 13.2 Å². The van der Waals surface area contributed by atoms with Gasteiger partial charge >= 0.3 is 0 Å². The van der Waals surface area contributed by atoms with Gasteiger partial charge in [-0.3, -0.25) is 0 Å². The number of halogens is 3. The normalized spacial score (nSPS) is 24.5. The zero-order valence-electron chi connectivity index (χ0n) is 11.5. The van der Waals surface area contributed by atoms with Gasteiger partial charge in [-0.05, 0) is 36.9 Å². The summed E-state index contributed by atoms with van der Waals surface area (Å²) in [5.41, 5.74) is -0.437. The molecule has 0 spiro atoms. The first-order valence-electron chi connectivity index (χ1n) is 6.25. The number of hydrogen-bond donors (Lipinski definition) is 0. The number of hydrogen-bond acceptors (Lipinski definition) is 1.